The number of aromatic amines is 1. The number of aryl methyl sites for hydroxylation is 1. The van der Waals surface area contributed by atoms with E-state index in [0.29, 0.717) is 11.1 Å². The van der Waals surface area contributed by atoms with Crippen molar-refractivity contribution in [1.82, 2.24) is 10.2 Å². The quantitative estimate of drug-likeness (QED) is 0.736. The van der Waals surface area contributed by atoms with Crippen LogP contribution in [0.1, 0.15) is 5.69 Å². The molecular weight excluding hydrogens is 180 g/mol. The predicted octanol–water partition coefficient (Wildman–Crippen LogP) is 1.24. The van der Waals surface area contributed by atoms with E-state index >= 15 is 0 Å². The Kier molecular flexibility index (Phi) is 1.96. The minimum atomic E-state index is -0.190. The smallest absolute Gasteiger partial charge is 0.272 e. The van der Waals surface area contributed by atoms with Gasteiger partial charge >= 0.3 is 0 Å². The van der Waals surface area contributed by atoms with E-state index in [1.165, 1.54) is 0 Å². The van der Waals surface area contributed by atoms with E-state index in [4.69, 9.17) is 4.74 Å². The van der Waals surface area contributed by atoms with Crippen molar-refractivity contribution in [2.24, 2.45) is 0 Å². The maximum atomic E-state index is 11.4. The molecule has 14 heavy (non-hydrogen) atoms. The Labute approximate surface area is 80.5 Å². The van der Waals surface area contributed by atoms with Gasteiger partial charge in [-0.15, -0.1) is 0 Å². The van der Waals surface area contributed by atoms with E-state index in [-0.39, 0.29) is 5.56 Å². The molecule has 0 saturated heterocycles. The molecular formula is C10H10N2O2. The lowest BCUT2D eigenvalue weighted by atomic mass is 10.1. The SMILES string of the molecule is COc1ccc2c(C)n[nH]c(=O)c2c1. The van der Waals surface area contributed by atoms with E-state index < -0.39 is 0 Å². The van der Waals surface area contributed by atoms with Crippen LogP contribution in [0.25, 0.3) is 10.8 Å². The Balaban J connectivity index is 2.87. The molecule has 2 aromatic rings. The summed E-state index contributed by atoms with van der Waals surface area (Å²) >= 11 is 0. The molecule has 1 heterocycles. The second-order valence-electron chi connectivity index (χ2n) is 3.05. The van der Waals surface area contributed by atoms with Crippen LogP contribution in [-0.2, 0) is 0 Å². The molecule has 72 valence electrons. The Bertz CT molecular complexity index is 531. The molecule has 0 amide bonds. The first-order chi connectivity index (χ1) is 6.72. The molecule has 0 spiro atoms. The molecule has 4 nitrogen and oxygen atoms in total. The van der Waals surface area contributed by atoms with E-state index in [2.05, 4.69) is 10.2 Å². The molecule has 1 aromatic heterocycles. The summed E-state index contributed by atoms with van der Waals surface area (Å²) in [5, 5.41) is 7.78. The zero-order valence-electron chi connectivity index (χ0n) is 8.00. The van der Waals surface area contributed by atoms with Gasteiger partial charge in [-0.05, 0) is 25.1 Å². The summed E-state index contributed by atoms with van der Waals surface area (Å²) in [6.45, 7) is 1.85. The van der Waals surface area contributed by atoms with Crippen LogP contribution in [0, 0.1) is 6.92 Å². The molecule has 4 heteroatoms. The highest BCUT2D eigenvalue weighted by Crippen LogP contribution is 2.18. The average molecular weight is 190 g/mol. The van der Waals surface area contributed by atoms with Crippen molar-refractivity contribution in [2.75, 3.05) is 7.11 Å². The third-order valence-corrected chi connectivity index (χ3v) is 2.19. The number of hydrogen-bond donors (Lipinski definition) is 1. The molecule has 0 aliphatic heterocycles. The highest BCUT2D eigenvalue weighted by molar-refractivity contribution is 5.84. The van der Waals surface area contributed by atoms with Crippen LogP contribution in [0.3, 0.4) is 0 Å². The van der Waals surface area contributed by atoms with Gasteiger partial charge in [0, 0.05) is 5.39 Å². The lowest BCUT2D eigenvalue weighted by Gasteiger charge is -2.02. The van der Waals surface area contributed by atoms with Crippen molar-refractivity contribution in [3.63, 3.8) is 0 Å². The van der Waals surface area contributed by atoms with Crippen LogP contribution in [0.5, 0.6) is 5.75 Å². The van der Waals surface area contributed by atoms with Gasteiger partial charge in [-0.25, -0.2) is 5.10 Å². The maximum absolute atomic E-state index is 11.4. The molecule has 0 saturated carbocycles. The largest absolute Gasteiger partial charge is 0.497 e. The van der Waals surface area contributed by atoms with Gasteiger partial charge in [0.25, 0.3) is 5.56 Å². The van der Waals surface area contributed by atoms with Crippen LogP contribution in [-0.4, -0.2) is 17.3 Å². The second kappa shape index (κ2) is 3.14. The number of aromatic nitrogens is 2. The standard InChI is InChI=1S/C10H10N2O2/c1-6-8-4-3-7(14-2)5-9(8)10(13)12-11-6/h3-5H,1-2H3,(H,12,13). The summed E-state index contributed by atoms with van der Waals surface area (Å²) in [6.07, 6.45) is 0. The van der Waals surface area contributed by atoms with Gasteiger partial charge in [0.05, 0.1) is 18.2 Å². The fourth-order valence-electron chi connectivity index (χ4n) is 1.41. The number of benzene rings is 1. The van der Waals surface area contributed by atoms with Crippen molar-refractivity contribution in [1.29, 1.82) is 0 Å². The fourth-order valence-corrected chi connectivity index (χ4v) is 1.41. The third kappa shape index (κ3) is 1.25. The van der Waals surface area contributed by atoms with Crippen molar-refractivity contribution >= 4 is 10.8 Å². The molecule has 0 unspecified atom stereocenters. The second-order valence-corrected chi connectivity index (χ2v) is 3.05. The highest BCUT2D eigenvalue weighted by Gasteiger charge is 2.03. The molecule has 1 N–H and O–H groups in total. The molecule has 1 aromatic carbocycles. The number of ether oxygens (including phenoxy) is 1. The monoisotopic (exact) mass is 190 g/mol. The Morgan fingerprint density at radius 2 is 2.14 bits per heavy atom. The first-order valence-corrected chi connectivity index (χ1v) is 4.25. The molecule has 0 aliphatic rings. The van der Waals surface area contributed by atoms with Crippen molar-refractivity contribution in [2.45, 2.75) is 6.92 Å². The molecule has 2 rings (SSSR count). The summed E-state index contributed by atoms with van der Waals surface area (Å²) in [5.41, 5.74) is 0.617. The van der Waals surface area contributed by atoms with Crippen molar-refractivity contribution < 1.29 is 4.74 Å². The lowest BCUT2D eigenvalue weighted by Crippen LogP contribution is -2.09. The predicted molar refractivity (Wildman–Crippen MR) is 53.7 cm³/mol. The Morgan fingerprint density at radius 3 is 2.86 bits per heavy atom. The number of H-pyrrole nitrogens is 1. The maximum Gasteiger partial charge on any atom is 0.272 e. The van der Waals surface area contributed by atoms with Crippen LogP contribution in [0.15, 0.2) is 23.0 Å². The van der Waals surface area contributed by atoms with E-state index in [1.807, 2.05) is 19.1 Å². The topological polar surface area (TPSA) is 55.0 Å². The van der Waals surface area contributed by atoms with Gasteiger partial charge in [0.15, 0.2) is 0 Å². The first kappa shape index (κ1) is 8.74. The van der Waals surface area contributed by atoms with E-state index in [0.717, 1.165) is 11.1 Å². The normalized spacial score (nSPS) is 10.4. The first-order valence-electron chi connectivity index (χ1n) is 4.25. The minimum Gasteiger partial charge on any atom is -0.497 e. The minimum absolute atomic E-state index is 0.190. The summed E-state index contributed by atoms with van der Waals surface area (Å²) in [7, 11) is 1.57. The third-order valence-electron chi connectivity index (χ3n) is 2.19. The molecule has 0 fully saturated rings. The van der Waals surface area contributed by atoms with E-state index in [1.54, 1.807) is 13.2 Å². The van der Waals surface area contributed by atoms with Crippen LogP contribution < -0.4 is 10.3 Å². The van der Waals surface area contributed by atoms with Gasteiger partial charge in [0.1, 0.15) is 5.75 Å². The average Bonchev–Trinajstić information content (AvgIpc) is 2.23. The lowest BCUT2D eigenvalue weighted by molar-refractivity contribution is 0.415. The number of nitrogens with one attached hydrogen (secondary N) is 1. The number of methoxy groups -OCH3 is 1. The molecule has 0 bridgehead atoms. The van der Waals surface area contributed by atoms with Crippen LogP contribution in [0.4, 0.5) is 0 Å². The van der Waals surface area contributed by atoms with Gasteiger partial charge in [-0.1, -0.05) is 0 Å². The number of nitrogens with zero attached hydrogens (tertiary/aromatic N) is 1. The van der Waals surface area contributed by atoms with Crippen LogP contribution in [0.2, 0.25) is 0 Å². The zero-order valence-corrected chi connectivity index (χ0v) is 8.00. The Morgan fingerprint density at radius 1 is 1.36 bits per heavy atom. The number of hydrogen-bond acceptors (Lipinski definition) is 3. The Hall–Kier alpha value is -1.84. The number of fused-ring (bicyclic) bond motifs is 1. The van der Waals surface area contributed by atoms with Gasteiger partial charge in [0.2, 0.25) is 0 Å². The van der Waals surface area contributed by atoms with Gasteiger partial charge in [-0.2, -0.15) is 5.10 Å². The summed E-state index contributed by atoms with van der Waals surface area (Å²) in [6, 6.07) is 5.37. The van der Waals surface area contributed by atoms with Crippen molar-refractivity contribution in [3.05, 3.63) is 34.2 Å². The molecule has 0 aliphatic carbocycles. The summed E-state index contributed by atoms with van der Waals surface area (Å²) < 4.78 is 5.04. The van der Waals surface area contributed by atoms with Crippen molar-refractivity contribution in [3.8, 4) is 5.75 Å². The van der Waals surface area contributed by atoms with Gasteiger partial charge < -0.3 is 4.74 Å². The summed E-state index contributed by atoms with van der Waals surface area (Å²) in [4.78, 5) is 11.4. The highest BCUT2D eigenvalue weighted by atomic mass is 16.5. The zero-order chi connectivity index (χ0) is 10.1. The van der Waals surface area contributed by atoms with E-state index in [9.17, 15) is 4.79 Å². The van der Waals surface area contributed by atoms with Gasteiger partial charge in [-0.3, -0.25) is 4.79 Å². The molecule has 0 radical (unpaired) electrons. The van der Waals surface area contributed by atoms with Crippen LogP contribution >= 0.6 is 0 Å². The molecule has 0 atom stereocenters. The number of rotatable bonds is 1. The fraction of sp³-hybridized carbons (Fsp3) is 0.200. The summed E-state index contributed by atoms with van der Waals surface area (Å²) in [5.74, 6) is 0.675.